The molecule has 0 N–H and O–H groups in total. The summed E-state index contributed by atoms with van der Waals surface area (Å²) in [4.78, 5) is 11.5. The smallest absolute Gasteiger partial charge is 0.159 e. The normalized spacial score (nSPS) is 19.6. The lowest BCUT2D eigenvalue weighted by Gasteiger charge is -2.15. The van der Waals surface area contributed by atoms with Gasteiger partial charge in [-0.3, -0.25) is 4.79 Å². The average molecular weight is 199 g/mol. The Hall–Kier alpha value is -0.560. The summed E-state index contributed by atoms with van der Waals surface area (Å²) < 4.78 is 0. The van der Waals surface area contributed by atoms with Crippen molar-refractivity contribution in [3.05, 3.63) is 22.3 Å². The van der Waals surface area contributed by atoms with Crippen LogP contribution in [0, 0.1) is 0 Å². The van der Waals surface area contributed by atoms with Gasteiger partial charge in [-0.05, 0) is 38.7 Å². The molecule has 2 heteroatoms. The van der Waals surface area contributed by atoms with E-state index >= 15 is 0 Å². The zero-order valence-electron chi connectivity index (χ0n) is 8.19. The molecule has 0 aliphatic heterocycles. The molecule has 0 saturated heterocycles. The standard InChI is InChI=1S/C11H15ClO/c1-8-4-3-5-11(13)10(8)7-6-9(2)12/h6H,3-5,7H2,1-2H3/b9-6-. The van der Waals surface area contributed by atoms with Gasteiger partial charge in [-0.15, -0.1) is 0 Å². The van der Waals surface area contributed by atoms with E-state index in [0.717, 1.165) is 23.4 Å². The molecule has 0 heterocycles. The van der Waals surface area contributed by atoms with Crippen molar-refractivity contribution in [1.82, 2.24) is 0 Å². The van der Waals surface area contributed by atoms with Gasteiger partial charge in [0.15, 0.2) is 5.78 Å². The number of hydrogen-bond acceptors (Lipinski definition) is 1. The summed E-state index contributed by atoms with van der Waals surface area (Å²) >= 11 is 5.72. The second kappa shape index (κ2) is 4.61. The van der Waals surface area contributed by atoms with E-state index in [-0.39, 0.29) is 0 Å². The third kappa shape index (κ3) is 3.00. The molecular weight excluding hydrogens is 184 g/mol. The van der Waals surface area contributed by atoms with Crippen LogP contribution in [0.3, 0.4) is 0 Å². The Kier molecular flexibility index (Phi) is 3.73. The monoisotopic (exact) mass is 198 g/mol. The lowest BCUT2D eigenvalue weighted by molar-refractivity contribution is -0.116. The maximum atomic E-state index is 11.5. The summed E-state index contributed by atoms with van der Waals surface area (Å²) in [6, 6.07) is 0. The zero-order valence-corrected chi connectivity index (χ0v) is 8.95. The van der Waals surface area contributed by atoms with Crippen LogP contribution in [0.15, 0.2) is 22.3 Å². The topological polar surface area (TPSA) is 17.1 Å². The van der Waals surface area contributed by atoms with Gasteiger partial charge in [0.1, 0.15) is 0 Å². The molecular formula is C11H15ClO. The molecule has 1 aliphatic carbocycles. The van der Waals surface area contributed by atoms with Crippen molar-refractivity contribution in [2.45, 2.75) is 39.5 Å². The Labute approximate surface area is 84.5 Å². The summed E-state index contributed by atoms with van der Waals surface area (Å²) in [5, 5.41) is 0.763. The predicted molar refractivity (Wildman–Crippen MR) is 55.8 cm³/mol. The Morgan fingerprint density at radius 2 is 2.23 bits per heavy atom. The number of carbonyl (C=O) groups is 1. The van der Waals surface area contributed by atoms with Crippen molar-refractivity contribution in [2.75, 3.05) is 0 Å². The minimum atomic E-state index is 0.304. The molecule has 0 atom stereocenters. The van der Waals surface area contributed by atoms with Gasteiger partial charge in [0.05, 0.1) is 0 Å². The molecule has 0 aromatic carbocycles. The van der Waals surface area contributed by atoms with Crippen LogP contribution in [0.2, 0.25) is 0 Å². The Balaban J connectivity index is 2.75. The molecule has 0 amide bonds. The van der Waals surface area contributed by atoms with Gasteiger partial charge in [-0.25, -0.2) is 0 Å². The Morgan fingerprint density at radius 1 is 1.54 bits per heavy atom. The zero-order chi connectivity index (χ0) is 9.84. The third-order valence-corrected chi connectivity index (χ3v) is 2.55. The third-order valence-electron chi connectivity index (χ3n) is 2.39. The summed E-state index contributed by atoms with van der Waals surface area (Å²) in [5.74, 6) is 0.304. The Bertz CT molecular complexity index is 270. The molecule has 13 heavy (non-hydrogen) atoms. The van der Waals surface area contributed by atoms with E-state index in [0.29, 0.717) is 18.6 Å². The van der Waals surface area contributed by atoms with Crippen LogP contribution in [-0.2, 0) is 4.79 Å². The molecule has 1 rings (SSSR count). The second-order valence-corrected chi connectivity index (χ2v) is 4.13. The molecule has 0 aromatic rings. The highest BCUT2D eigenvalue weighted by molar-refractivity contribution is 6.29. The van der Waals surface area contributed by atoms with Gasteiger partial charge in [0.2, 0.25) is 0 Å². The molecule has 0 fully saturated rings. The first-order valence-corrected chi connectivity index (χ1v) is 5.03. The largest absolute Gasteiger partial charge is 0.295 e. The van der Waals surface area contributed by atoms with E-state index in [2.05, 4.69) is 0 Å². The first-order chi connectivity index (χ1) is 6.11. The fraction of sp³-hybridized carbons (Fsp3) is 0.545. The van der Waals surface area contributed by atoms with Crippen molar-refractivity contribution in [1.29, 1.82) is 0 Å². The predicted octanol–water partition coefficient (Wildman–Crippen LogP) is 3.59. The maximum Gasteiger partial charge on any atom is 0.159 e. The van der Waals surface area contributed by atoms with Crippen LogP contribution in [0.4, 0.5) is 0 Å². The number of ketones is 1. The number of allylic oxidation sites excluding steroid dienone is 4. The van der Waals surface area contributed by atoms with Gasteiger partial charge in [-0.2, -0.15) is 0 Å². The van der Waals surface area contributed by atoms with Gasteiger partial charge < -0.3 is 0 Å². The van der Waals surface area contributed by atoms with E-state index in [9.17, 15) is 4.79 Å². The molecule has 0 saturated carbocycles. The number of rotatable bonds is 2. The van der Waals surface area contributed by atoms with E-state index in [1.54, 1.807) is 0 Å². The molecule has 0 aromatic heterocycles. The highest BCUT2D eigenvalue weighted by atomic mass is 35.5. The first-order valence-electron chi connectivity index (χ1n) is 4.65. The van der Waals surface area contributed by atoms with Crippen molar-refractivity contribution < 1.29 is 4.79 Å². The quantitative estimate of drug-likeness (QED) is 0.663. The van der Waals surface area contributed by atoms with Crippen LogP contribution < -0.4 is 0 Å². The van der Waals surface area contributed by atoms with Gasteiger partial charge >= 0.3 is 0 Å². The number of hydrogen-bond donors (Lipinski definition) is 0. The molecule has 0 radical (unpaired) electrons. The van der Waals surface area contributed by atoms with Crippen LogP contribution in [0.1, 0.15) is 39.5 Å². The second-order valence-electron chi connectivity index (χ2n) is 3.53. The molecule has 1 nitrogen and oxygen atoms in total. The van der Waals surface area contributed by atoms with Crippen LogP contribution in [0.5, 0.6) is 0 Å². The van der Waals surface area contributed by atoms with Crippen molar-refractivity contribution in [3.8, 4) is 0 Å². The number of carbonyl (C=O) groups excluding carboxylic acids is 1. The van der Waals surface area contributed by atoms with E-state index in [1.165, 1.54) is 5.57 Å². The van der Waals surface area contributed by atoms with E-state index < -0.39 is 0 Å². The fourth-order valence-corrected chi connectivity index (χ4v) is 1.66. The van der Waals surface area contributed by atoms with Crippen LogP contribution in [-0.4, -0.2) is 5.78 Å². The Morgan fingerprint density at radius 3 is 2.77 bits per heavy atom. The molecule has 0 unspecified atom stereocenters. The summed E-state index contributed by atoms with van der Waals surface area (Å²) in [6.07, 6.45) is 5.40. The minimum Gasteiger partial charge on any atom is -0.295 e. The van der Waals surface area contributed by atoms with Gasteiger partial charge in [0, 0.05) is 11.5 Å². The lowest BCUT2D eigenvalue weighted by Crippen LogP contribution is -2.09. The first kappa shape index (κ1) is 10.5. The van der Waals surface area contributed by atoms with Crippen molar-refractivity contribution in [3.63, 3.8) is 0 Å². The van der Waals surface area contributed by atoms with E-state index in [1.807, 2.05) is 19.9 Å². The number of halogens is 1. The van der Waals surface area contributed by atoms with Crippen molar-refractivity contribution >= 4 is 17.4 Å². The number of Topliss-reactive ketones (excluding diaryl/α,β-unsaturated/α-hetero) is 1. The maximum absolute atomic E-state index is 11.5. The fourth-order valence-electron chi connectivity index (χ4n) is 1.58. The van der Waals surface area contributed by atoms with Gasteiger partial charge in [-0.1, -0.05) is 23.3 Å². The van der Waals surface area contributed by atoms with Crippen LogP contribution in [0.25, 0.3) is 0 Å². The van der Waals surface area contributed by atoms with Crippen molar-refractivity contribution in [2.24, 2.45) is 0 Å². The molecule has 0 bridgehead atoms. The summed E-state index contributed by atoms with van der Waals surface area (Å²) in [5.41, 5.74) is 2.22. The summed E-state index contributed by atoms with van der Waals surface area (Å²) in [7, 11) is 0. The average Bonchev–Trinajstić information content (AvgIpc) is 2.03. The molecule has 72 valence electrons. The SMILES string of the molecule is CC1=C(C/C=C(/C)Cl)C(=O)CCC1. The molecule has 0 spiro atoms. The van der Waals surface area contributed by atoms with Gasteiger partial charge in [0.25, 0.3) is 0 Å². The van der Waals surface area contributed by atoms with Crippen LogP contribution >= 0.6 is 11.6 Å². The minimum absolute atomic E-state index is 0.304. The summed E-state index contributed by atoms with van der Waals surface area (Å²) in [6.45, 7) is 3.88. The highest BCUT2D eigenvalue weighted by Gasteiger charge is 2.16. The van der Waals surface area contributed by atoms with E-state index in [4.69, 9.17) is 11.6 Å². The lowest BCUT2D eigenvalue weighted by atomic mass is 9.90. The highest BCUT2D eigenvalue weighted by Crippen LogP contribution is 2.24. The molecule has 1 aliphatic rings.